The summed E-state index contributed by atoms with van der Waals surface area (Å²) in [4.78, 5) is 13.4. The molecule has 14 heteroatoms. The topological polar surface area (TPSA) is 228 Å². The molecule has 0 saturated carbocycles. The van der Waals surface area contributed by atoms with Crippen molar-refractivity contribution in [1.29, 1.82) is 0 Å². The van der Waals surface area contributed by atoms with E-state index in [0.717, 1.165) is 70.6 Å². The van der Waals surface area contributed by atoms with Gasteiger partial charge in [-0.25, -0.2) is 0 Å². The molecule has 2 aliphatic rings. The van der Waals surface area contributed by atoms with Gasteiger partial charge in [0.1, 0.15) is 48.8 Å². The minimum atomic E-state index is -1.80. The van der Waals surface area contributed by atoms with Gasteiger partial charge in [-0.05, 0) is 77.0 Å². The molecule has 2 aliphatic heterocycles. The number of carbonyl (C=O) groups excluding carboxylic acids is 1. The van der Waals surface area contributed by atoms with Gasteiger partial charge in [0.2, 0.25) is 5.91 Å². The number of nitrogens with one attached hydrogen (secondary N) is 1. The second-order valence-electron chi connectivity index (χ2n) is 26.4. The van der Waals surface area contributed by atoms with Crippen molar-refractivity contribution in [1.82, 2.24) is 5.32 Å². The highest BCUT2D eigenvalue weighted by atomic mass is 16.7. The van der Waals surface area contributed by atoms with Crippen molar-refractivity contribution in [3.8, 4) is 0 Å². The number of ether oxygens (including phenoxy) is 4. The van der Waals surface area contributed by atoms with Gasteiger partial charge in [0.15, 0.2) is 12.6 Å². The summed E-state index contributed by atoms with van der Waals surface area (Å²) in [5.41, 5.74) is 0. The van der Waals surface area contributed by atoms with Gasteiger partial charge < -0.3 is 65.1 Å². The van der Waals surface area contributed by atoms with Crippen LogP contribution in [0.1, 0.15) is 309 Å². The number of rotatable bonds is 62. The zero-order valence-electron chi connectivity index (χ0n) is 58.3. The van der Waals surface area contributed by atoms with E-state index in [1.807, 2.05) is 6.08 Å². The molecule has 2 heterocycles. The van der Waals surface area contributed by atoms with E-state index in [4.69, 9.17) is 18.9 Å². The molecule has 92 heavy (non-hydrogen) atoms. The summed E-state index contributed by atoms with van der Waals surface area (Å²) >= 11 is 0. The Hall–Kier alpha value is -2.83. The van der Waals surface area contributed by atoms with E-state index >= 15 is 0 Å². The lowest BCUT2D eigenvalue weighted by Crippen LogP contribution is -2.65. The molecule has 1 amide bonds. The normalized spacial score (nSPS) is 23.2. The van der Waals surface area contributed by atoms with Crippen molar-refractivity contribution in [2.45, 2.75) is 383 Å². The minimum Gasteiger partial charge on any atom is -0.394 e. The summed E-state index contributed by atoms with van der Waals surface area (Å²) < 4.78 is 22.9. The lowest BCUT2D eigenvalue weighted by Gasteiger charge is -2.46. The number of aliphatic hydroxyl groups excluding tert-OH is 8. The van der Waals surface area contributed by atoms with E-state index in [2.05, 4.69) is 92.1 Å². The molecule has 14 nitrogen and oxygen atoms in total. The molecule has 2 rings (SSSR count). The highest BCUT2D eigenvalue weighted by Crippen LogP contribution is 2.30. The van der Waals surface area contributed by atoms with Crippen LogP contribution in [0.3, 0.4) is 0 Å². The van der Waals surface area contributed by atoms with Crippen molar-refractivity contribution in [3.63, 3.8) is 0 Å². The molecule has 0 aliphatic carbocycles. The largest absolute Gasteiger partial charge is 0.394 e. The zero-order valence-corrected chi connectivity index (χ0v) is 58.3. The summed E-state index contributed by atoms with van der Waals surface area (Å²) in [5.74, 6) is -0.252. The predicted octanol–water partition coefficient (Wildman–Crippen LogP) is 16.4. The van der Waals surface area contributed by atoms with Gasteiger partial charge in [-0.2, -0.15) is 0 Å². The third-order valence-corrected chi connectivity index (χ3v) is 18.1. The monoisotopic (exact) mass is 1300 g/mol. The first-order chi connectivity index (χ1) is 45.1. The van der Waals surface area contributed by atoms with Crippen LogP contribution >= 0.6 is 0 Å². The number of carbonyl (C=O) groups is 1. The van der Waals surface area contributed by atoms with E-state index < -0.39 is 86.8 Å². The van der Waals surface area contributed by atoms with Crippen LogP contribution in [-0.2, 0) is 23.7 Å². The Morgan fingerprint density at radius 1 is 0.402 bits per heavy atom. The van der Waals surface area contributed by atoms with Gasteiger partial charge >= 0.3 is 0 Å². The Kier molecular flexibility index (Phi) is 57.2. The molecule has 0 radical (unpaired) electrons. The Bertz CT molecular complexity index is 1870. The fourth-order valence-corrected chi connectivity index (χ4v) is 12.1. The molecule has 2 fully saturated rings. The molecule has 0 aromatic heterocycles. The van der Waals surface area contributed by atoms with Gasteiger partial charge in [-0.15, -0.1) is 0 Å². The Labute approximate surface area is 561 Å². The Morgan fingerprint density at radius 3 is 1.20 bits per heavy atom. The van der Waals surface area contributed by atoms with Crippen molar-refractivity contribution in [2.75, 3.05) is 19.8 Å². The van der Waals surface area contributed by atoms with Crippen LogP contribution < -0.4 is 5.32 Å². The maximum atomic E-state index is 13.4. The maximum Gasteiger partial charge on any atom is 0.220 e. The lowest BCUT2D eigenvalue weighted by atomic mass is 9.97. The van der Waals surface area contributed by atoms with E-state index in [0.29, 0.717) is 12.8 Å². The fraction of sp³-hybridized carbons (Fsp3) is 0.808. The molecule has 12 unspecified atom stereocenters. The van der Waals surface area contributed by atoms with Gasteiger partial charge in [0, 0.05) is 6.42 Å². The van der Waals surface area contributed by atoms with Crippen LogP contribution in [0.4, 0.5) is 0 Å². The van der Waals surface area contributed by atoms with E-state index in [9.17, 15) is 45.6 Å². The summed E-state index contributed by atoms with van der Waals surface area (Å²) in [6.07, 6.45) is 69.4. The number of hydrogen-bond acceptors (Lipinski definition) is 13. The summed E-state index contributed by atoms with van der Waals surface area (Å²) in [6, 6.07) is -0.940. The van der Waals surface area contributed by atoms with Crippen LogP contribution in [0.25, 0.3) is 0 Å². The van der Waals surface area contributed by atoms with E-state index in [1.54, 1.807) is 6.08 Å². The van der Waals surface area contributed by atoms with Crippen LogP contribution in [0, 0.1) is 0 Å². The molecule has 2 saturated heterocycles. The van der Waals surface area contributed by atoms with Crippen molar-refractivity contribution < 1.29 is 64.6 Å². The van der Waals surface area contributed by atoms with Crippen molar-refractivity contribution in [3.05, 3.63) is 85.1 Å². The standard InChI is InChI=1S/C78H139NO13/c1-3-5-7-9-11-13-15-17-19-21-23-25-27-29-31-32-33-34-36-37-39-41-43-45-47-49-51-53-55-57-59-61-67(82)66(65-89-77-75(88)73(86)76(69(64-81)91-77)92-78-74(87)72(85)71(84)68(63-80)90-78)79-70(83)62-60-58-56-54-52-50-48-46-44-42-40-38-35-30-28-26-24-22-20-18-16-14-12-10-8-6-4-2/h6,8,12,14,18,20,24,26,30,35,51,53,59,61,66-69,71-78,80-82,84-88H,3-5,7,9-11,13,15-17,19,21-23,25,27-29,31-34,36-50,52,54-58,60,62-65H2,1-2H3,(H,79,83)/b8-6-,14-12-,20-18-,26-24-,35-30-,53-51+,61-59+. The number of amides is 1. The van der Waals surface area contributed by atoms with Gasteiger partial charge in [0.25, 0.3) is 0 Å². The number of hydrogen-bond donors (Lipinski definition) is 9. The molecule has 0 bridgehead atoms. The highest BCUT2D eigenvalue weighted by molar-refractivity contribution is 5.76. The van der Waals surface area contributed by atoms with Crippen LogP contribution in [0.15, 0.2) is 85.1 Å². The molecule has 534 valence electrons. The van der Waals surface area contributed by atoms with E-state index in [1.165, 1.54) is 205 Å². The number of aliphatic hydroxyl groups is 8. The summed E-state index contributed by atoms with van der Waals surface area (Å²) in [5, 5.41) is 87.6. The second kappa shape index (κ2) is 61.7. The van der Waals surface area contributed by atoms with Gasteiger partial charge in [-0.1, -0.05) is 311 Å². The molecular formula is C78H139NO13. The van der Waals surface area contributed by atoms with Gasteiger partial charge in [-0.3, -0.25) is 4.79 Å². The van der Waals surface area contributed by atoms with Crippen LogP contribution in [-0.4, -0.2) is 140 Å². The molecule has 12 atom stereocenters. The first-order valence-electron chi connectivity index (χ1n) is 37.8. The summed E-state index contributed by atoms with van der Waals surface area (Å²) in [7, 11) is 0. The molecule has 0 spiro atoms. The van der Waals surface area contributed by atoms with Crippen molar-refractivity contribution in [2.24, 2.45) is 0 Å². The van der Waals surface area contributed by atoms with Crippen molar-refractivity contribution >= 4 is 5.91 Å². The third kappa shape index (κ3) is 44.8. The average Bonchev–Trinajstić information content (AvgIpc) is 0.882. The molecular weight excluding hydrogens is 1160 g/mol. The smallest absolute Gasteiger partial charge is 0.220 e. The Morgan fingerprint density at radius 2 is 0.761 bits per heavy atom. The predicted molar refractivity (Wildman–Crippen MR) is 378 cm³/mol. The average molecular weight is 1300 g/mol. The van der Waals surface area contributed by atoms with Crippen LogP contribution in [0.2, 0.25) is 0 Å². The maximum absolute atomic E-state index is 13.4. The second-order valence-corrected chi connectivity index (χ2v) is 26.4. The number of unbranched alkanes of at least 4 members (excludes halogenated alkanes) is 37. The zero-order chi connectivity index (χ0) is 66.6. The third-order valence-electron chi connectivity index (χ3n) is 18.1. The summed E-state index contributed by atoms with van der Waals surface area (Å²) in [6.45, 7) is 2.70. The first kappa shape index (κ1) is 85.3. The van der Waals surface area contributed by atoms with Crippen LogP contribution in [0.5, 0.6) is 0 Å². The quantitative estimate of drug-likeness (QED) is 0.0204. The highest BCUT2D eigenvalue weighted by Gasteiger charge is 2.51. The minimum absolute atomic E-state index is 0.252. The lowest BCUT2D eigenvalue weighted by molar-refractivity contribution is -0.359. The van der Waals surface area contributed by atoms with Gasteiger partial charge in [0.05, 0.1) is 32.0 Å². The Balaban J connectivity index is 1.67. The van der Waals surface area contributed by atoms with E-state index in [-0.39, 0.29) is 18.9 Å². The molecule has 0 aromatic carbocycles. The SMILES string of the molecule is CC/C=C\C/C=C\C/C=C\C/C=C\C/C=C\CCCCCCCCCCCCCC(=O)NC(COC1OC(CO)C(OC2OC(CO)C(O)C(O)C2O)C(O)C1O)C(O)/C=C/CC/C=C/CCCCCCCCCCCCCCCCCCCCCCCCCCC. The molecule has 9 N–H and O–H groups in total. The fourth-order valence-electron chi connectivity index (χ4n) is 12.1. The number of allylic oxidation sites excluding steroid dienone is 13. The first-order valence-corrected chi connectivity index (χ1v) is 37.8. The molecule has 0 aromatic rings.